The van der Waals surface area contributed by atoms with Gasteiger partial charge in [0.05, 0.1) is 17.5 Å². The molecule has 1 atom stereocenters. The summed E-state index contributed by atoms with van der Waals surface area (Å²) in [6, 6.07) is 16.8. The van der Waals surface area contributed by atoms with E-state index < -0.39 is 15.9 Å². The van der Waals surface area contributed by atoms with Gasteiger partial charge in [-0.2, -0.15) is 15.6 Å². The minimum atomic E-state index is -3.74. The fourth-order valence-corrected chi connectivity index (χ4v) is 4.68. The Balaban J connectivity index is 1.76. The van der Waals surface area contributed by atoms with Crippen LogP contribution in [0.4, 0.5) is 0 Å². The lowest BCUT2D eigenvalue weighted by molar-refractivity contribution is -0.121. The summed E-state index contributed by atoms with van der Waals surface area (Å²) in [6.07, 6.45) is 0. The van der Waals surface area contributed by atoms with Crippen molar-refractivity contribution >= 4 is 38.9 Å². The maximum atomic E-state index is 12.6. The zero-order valence-electron chi connectivity index (χ0n) is 15.1. The van der Waals surface area contributed by atoms with Crippen molar-refractivity contribution < 1.29 is 13.2 Å². The molecule has 8 heteroatoms. The van der Waals surface area contributed by atoms with Gasteiger partial charge >= 0.3 is 0 Å². The number of rotatable bonds is 7. The van der Waals surface area contributed by atoms with Crippen molar-refractivity contribution in [2.24, 2.45) is 0 Å². The zero-order valence-corrected chi connectivity index (χ0v) is 17.5. The van der Waals surface area contributed by atoms with Crippen LogP contribution in [0.15, 0.2) is 76.3 Å². The Bertz CT molecular complexity index is 1020. The second-order valence-electron chi connectivity index (χ2n) is 6.18. The third-order valence-corrected chi connectivity index (χ3v) is 6.97. The van der Waals surface area contributed by atoms with Crippen LogP contribution in [0.1, 0.15) is 17.2 Å². The molecule has 0 saturated heterocycles. The highest BCUT2D eigenvalue weighted by Crippen LogP contribution is 2.25. The molecule has 5 nitrogen and oxygen atoms in total. The molecule has 0 bridgehead atoms. The summed E-state index contributed by atoms with van der Waals surface area (Å²) >= 11 is 7.49. The Morgan fingerprint density at radius 3 is 2.36 bits per heavy atom. The highest BCUT2D eigenvalue weighted by atomic mass is 35.5. The molecule has 2 aromatic carbocycles. The monoisotopic (exact) mass is 434 g/mol. The lowest BCUT2D eigenvalue weighted by atomic mass is 10.0. The number of likely N-dealkylation sites (N-methyl/N-ethyl adjacent to an activating group) is 1. The average molecular weight is 435 g/mol. The van der Waals surface area contributed by atoms with E-state index in [-0.39, 0.29) is 17.5 Å². The fourth-order valence-electron chi connectivity index (χ4n) is 2.72. The lowest BCUT2D eigenvalue weighted by Gasteiger charge is -2.21. The standard InChI is InChI=1S/C20H19ClN2O3S2/c1-23(28(25,26)18-5-3-2-4-6-18)13-19(24)22-20(16-11-12-27-14-16)15-7-9-17(21)10-8-15/h2-12,14,20H,13H2,1H3,(H,22,24). The summed E-state index contributed by atoms with van der Waals surface area (Å²) in [6.45, 7) is -0.286. The van der Waals surface area contributed by atoms with E-state index in [4.69, 9.17) is 11.6 Å². The Hall–Kier alpha value is -2.19. The summed E-state index contributed by atoms with van der Waals surface area (Å²) in [5, 5.41) is 7.41. The molecule has 0 radical (unpaired) electrons. The van der Waals surface area contributed by atoms with Crippen molar-refractivity contribution in [1.82, 2.24) is 9.62 Å². The third kappa shape index (κ3) is 4.80. The van der Waals surface area contributed by atoms with Gasteiger partial charge in [0.2, 0.25) is 15.9 Å². The zero-order chi connectivity index (χ0) is 20.1. The second kappa shape index (κ2) is 8.87. The predicted molar refractivity (Wildman–Crippen MR) is 112 cm³/mol. The average Bonchev–Trinajstić information content (AvgIpc) is 3.22. The first-order valence-electron chi connectivity index (χ1n) is 8.46. The van der Waals surface area contributed by atoms with Crippen LogP contribution in [0.25, 0.3) is 0 Å². The molecule has 1 unspecified atom stereocenters. The Labute approximate surface area is 173 Å². The molecule has 3 aromatic rings. The number of benzene rings is 2. The summed E-state index contributed by atoms with van der Waals surface area (Å²) < 4.78 is 26.3. The smallest absolute Gasteiger partial charge is 0.243 e. The molecular weight excluding hydrogens is 416 g/mol. The number of hydrogen-bond acceptors (Lipinski definition) is 4. The van der Waals surface area contributed by atoms with Gasteiger partial charge in [0.15, 0.2) is 0 Å². The molecule has 0 aliphatic heterocycles. The molecule has 146 valence electrons. The van der Waals surface area contributed by atoms with Gasteiger partial charge in [-0.15, -0.1) is 0 Å². The quantitative estimate of drug-likeness (QED) is 0.612. The molecule has 28 heavy (non-hydrogen) atoms. The van der Waals surface area contributed by atoms with Crippen molar-refractivity contribution in [2.45, 2.75) is 10.9 Å². The number of carbonyl (C=O) groups excluding carboxylic acids is 1. The van der Waals surface area contributed by atoms with E-state index in [0.717, 1.165) is 15.4 Å². The SMILES string of the molecule is CN(CC(=O)NC(c1ccc(Cl)cc1)c1ccsc1)S(=O)(=O)c1ccccc1. The largest absolute Gasteiger partial charge is 0.344 e. The van der Waals surface area contributed by atoms with Gasteiger partial charge < -0.3 is 5.32 Å². The number of thiophene rings is 1. The molecule has 0 saturated carbocycles. The predicted octanol–water partition coefficient (Wildman–Crippen LogP) is 3.93. The summed E-state index contributed by atoms with van der Waals surface area (Å²) in [5.41, 5.74) is 1.79. The van der Waals surface area contributed by atoms with Gasteiger partial charge in [-0.05, 0) is 52.2 Å². The van der Waals surface area contributed by atoms with E-state index in [2.05, 4.69) is 5.32 Å². The van der Waals surface area contributed by atoms with Crippen LogP contribution < -0.4 is 5.32 Å². The van der Waals surface area contributed by atoms with Crippen LogP contribution in [0, 0.1) is 0 Å². The normalized spacial score (nSPS) is 12.7. The van der Waals surface area contributed by atoms with Gasteiger partial charge in [0, 0.05) is 12.1 Å². The highest BCUT2D eigenvalue weighted by molar-refractivity contribution is 7.89. The minimum Gasteiger partial charge on any atom is -0.344 e. The maximum Gasteiger partial charge on any atom is 0.243 e. The minimum absolute atomic E-state index is 0.150. The maximum absolute atomic E-state index is 12.6. The van der Waals surface area contributed by atoms with Gasteiger partial charge in [-0.3, -0.25) is 4.79 Å². The first-order chi connectivity index (χ1) is 13.4. The van der Waals surface area contributed by atoms with Crippen LogP contribution in [-0.4, -0.2) is 32.2 Å². The van der Waals surface area contributed by atoms with Crippen molar-refractivity contribution in [3.63, 3.8) is 0 Å². The van der Waals surface area contributed by atoms with Crippen LogP contribution in [0.5, 0.6) is 0 Å². The fraction of sp³-hybridized carbons (Fsp3) is 0.150. The second-order valence-corrected chi connectivity index (χ2v) is 9.44. The number of sulfonamides is 1. The molecule has 1 amide bonds. The molecule has 0 aliphatic carbocycles. The molecular formula is C20H19ClN2O3S2. The van der Waals surface area contributed by atoms with Crippen molar-refractivity contribution in [3.05, 3.63) is 87.6 Å². The number of nitrogens with one attached hydrogen (secondary N) is 1. The number of halogens is 1. The van der Waals surface area contributed by atoms with Crippen molar-refractivity contribution in [2.75, 3.05) is 13.6 Å². The van der Waals surface area contributed by atoms with E-state index >= 15 is 0 Å². The molecule has 0 fully saturated rings. The third-order valence-electron chi connectivity index (χ3n) is 4.20. The van der Waals surface area contributed by atoms with Gasteiger partial charge in [0.25, 0.3) is 0 Å². The molecule has 1 N–H and O–H groups in total. The van der Waals surface area contributed by atoms with Crippen LogP contribution >= 0.6 is 22.9 Å². The van der Waals surface area contributed by atoms with E-state index in [9.17, 15) is 13.2 Å². The first-order valence-corrected chi connectivity index (χ1v) is 11.2. The number of carbonyl (C=O) groups is 1. The van der Waals surface area contributed by atoms with Crippen LogP contribution in [0.3, 0.4) is 0 Å². The van der Waals surface area contributed by atoms with E-state index in [1.54, 1.807) is 30.3 Å². The van der Waals surface area contributed by atoms with Gasteiger partial charge in [-0.25, -0.2) is 8.42 Å². The summed E-state index contributed by atoms with van der Waals surface area (Å²) in [7, 11) is -2.34. The summed E-state index contributed by atoms with van der Waals surface area (Å²) in [5.74, 6) is -0.395. The topological polar surface area (TPSA) is 66.5 Å². The lowest BCUT2D eigenvalue weighted by Crippen LogP contribution is -2.40. The molecule has 0 spiro atoms. The Kier molecular flexibility index (Phi) is 6.51. The highest BCUT2D eigenvalue weighted by Gasteiger charge is 2.24. The Morgan fingerprint density at radius 1 is 1.07 bits per heavy atom. The van der Waals surface area contributed by atoms with Gasteiger partial charge in [-0.1, -0.05) is 41.9 Å². The van der Waals surface area contributed by atoms with Crippen molar-refractivity contribution in [1.29, 1.82) is 0 Å². The number of hydrogen-bond donors (Lipinski definition) is 1. The van der Waals surface area contributed by atoms with Crippen molar-refractivity contribution in [3.8, 4) is 0 Å². The molecule has 1 heterocycles. The number of nitrogens with zero attached hydrogens (tertiary/aromatic N) is 1. The van der Waals surface area contributed by atoms with E-state index in [0.29, 0.717) is 5.02 Å². The summed E-state index contributed by atoms with van der Waals surface area (Å²) in [4.78, 5) is 12.8. The molecule has 1 aromatic heterocycles. The molecule has 3 rings (SSSR count). The number of amides is 1. The Morgan fingerprint density at radius 2 is 1.75 bits per heavy atom. The first kappa shape index (κ1) is 20.5. The molecule has 0 aliphatic rings. The van der Waals surface area contributed by atoms with E-state index in [1.807, 2.05) is 29.0 Å². The van der Waals surface area contributed by atoms with Crippen LogP contribution in [0.2, 0.25) is 5.02 Å². The van der Waals surface area contributed by atoms with E-state index in [1.165, 1.54) is 30.5 Å². The van der Waals surface area contributed by atoms with Crippen LogP contribution in [-0.2, 0) is 14.8 Å². The van der Waals surface area contributed by atoms with Gasteiger partial charge in [0.1, 0.15) is 0 Å².